The Balaban J connectivity index is 1.55. The predicted molar refractivity (Wildman–Crippen MR) is 139 cm³/mol. The molecule has 36 heavy (non-hydrogen) atoms. The second-order valence-electron chi connectivity index (χ2n) is 9.64. The van der Waals surface area contributed by atoms with E-state index in [1.165, 1.54) is 0 Å². The molecule has 3 aromatic rings. The number of methoxy groups -OCH3 is 1. The first-order valence-electron chi connectivity index (χ1n) is 12.6. The van der Waals surface area contributed by atoms with Crippen LogP contribution in [0.4, 0.5) is 0 Å². The van der Waals surface area contributed by atoms with Crippen molar-refractivity contribution in [3.63, 3.8) is 0 Å². The summed E-state index contributed by atoms with van der Waals surface area (Å²) < 4.78 is 7.31. The Labute approximate surface area is 211 Å². The van der Waals surface area contributed by atoms with Crippen LogP contribution in [0.1, 0.15) is 37.2 Å². The lowest BCUT2D eigenvalue weighted by Gasteiger charge is -2.37. The monoisotopic (exact) mass is 487 g/mol. The lowest BCUT2D eigenvalue weighted by atomic mass is 9.86. The SMILES string of the molecule is CCN1[C@@H]2Cn3c(ccc(-c4ccccc4OC)c3=O)[C@H]1[C@@H](C(=O)N[C@H](C)c1ccccc1)[C@@H]2CO. The summed E-state index contributed by atoms with van der Waals surface area (Å²) in [4.78, 5) is 29.7. The number of aliphatic hydroxyl groups excluding tert-OH is 1. The number of nitrogens with zero attached hydrogens (tertiary/aromatic N) is 2. The number of nitrogens with one attached hydrogen (secondary N) is 1. The van der Waals surface area contributed by atoms with Gasteiger partial charge in [-0.3, -0.25) is 14.5 Å². The van der Waals surface area contributed by atoms with E-state index in [2.05, 4.69) is 17.1 Å². The third-order valence-electron chi connectivity index (χ3n) is 7.89. The fourth-order valence-electron chi connectivity index (χ4n) is 6.16. The molecule has 0 saturated carbocycles. The lowest BCUT2D eigenvalue weighted by molar-refractivity contribution is -0.128. The average molecular weight is 488 g/mol. The summed E-state index contributed by atoms with van der Waals surface area (Å²) >= 11 is 0. The summed E-state index contributed by atoms with van der Waals surface area (Å²) in [5.74, 6) is -0.182. The molecule has 2 aliphatic rings. The number of rotatable bonds is 7. The number of para-hydroxylation sites is 1. The molecular weight excluding hydrogens is 454 g/mol. The Morgan fingerprint density at radius 3 is 2.50 bits per heavy atom. The quantitative estimate of drug-likeness (QED) is 0.534. The van der Waals surface area contributed by atoms with Gasteiger partial charge in [0.1, 0.15) is 5.75 Å². The maximum atomic E-state index is 13.8. The number of amides is 1. The maximum Gasteiger partial charge on any atom is 0.258 e. The highest BCUT2D eigenvalue weighted by Crippen LogP contribution is 2.48. The molecule has 0 radical (unpaired) electrons. The number of aromatic nitrogens is 1. The van der Waals surface area contributed by atoms with Gasteiger partial charge >= 0.3 is 0 Å². The molecule has 5 rings (SSSR count). The summed E-state index contributed by atoms with van der Waals surface area (Å²) in [6, 6.07) is 20.6. The van der Waals surface area contributed by atoms with Gasteiger partial charge in [-0.1, -0.05) is 55.5 Å². The smallest absolute Gasteiger partial charge is 0.258 e. The number of carbonyl (C=O) groups excluding carboxylic acids is 1. The van der Waals surface area contributed by atoms with Gasteiger partial charge in [0.2, 0.25) is 5.91 Å². The van der Waals surface area contributed by atoms with Gasteiger partial charge in [-0.2, -0.15) is 0 Å². The second kappa shape index (κ2) is 9.91. The topological polar surface area (TPSA) is 83.8 Å². The molecule has 3 heterocycles. The minimum atomic E-state index is -0.462. The van der Waals surface area contributed by atoms with Crippen LogP contribution in [-0.4, -0.2) is 46.8 Å². The van der Waals surface area contributed by atoms with E-state index in [0.29, 0.717) is 17.9 Å². The molecule has 5 atom stereocenters. The molecule has 7 heteroatoms. The summed E-state index contributed by atoms with van der Waals surface area (Å²) in [6.07, 6.45) is 0. The molecule has 2 aliphatic heterocycles. The van der Waals surface area contributed by atoms with Crippen molar-refractivity contribution in [3.05, 3.63) is 88.3 Å². The lowest BCUT2D eigenvalue weighted by Crippen LogP contribution is -2.46. The van der Waals surface area contributed by atoms with Gasteiger partial charge < -0.3 is 19.7 Å². The molecule has 1 aromatic heterocycles. The van der Waals surface area contributed by atoms with Crippen LogP contribution >= 0.6 is 0 Å². The number of hydrogen-bond donors (Lipinski definition) is 2. The van der Waals surface area contributed by atoms with Gasteiger partial charge in [0.15, 0.2) is 0 Å². The van der Waals surface area contributed by atoms with Crippen molar-refractivity contribution in [2.24, 2.45) is 11.8 Å². The highest BCUT2D eigenvalue weighted by molar-refractivity contribution is 5.81. The number of ether oxygens (including phenoxy) is 1. The third-order valence-corrected chi connectivity index (χ3v) is 7.89. The summed E-state index contributed by atoms with van der Waals surface area (Å²) in [5.41, 5.74) is 3.06. The van der Waals surface area contributed by atoms with Crippen molar-refractivity contribution < 1.29 is 14.6 Å². The first-order valence-corrected chi connectivity index (χ1v) is 12.6. The van der Waals surface area contributed by atoms with Gasteiger partial charge in [-0.25, -0.2) is 0 Å². The zero-order valence-electron chi connectivity index (χ0n) is 20.9. The number of likely N-dealkylation sites (N-methyl/N-ethyl adjacent to an activating group) is 1. The fourth-order valence-corrected chi connectivity index (χ4v) is 6.16. The number of benzene rings is 2. The van der Waals surface area contributed by atoms with Crippen LogP contribution in [0.5, 0.6) is 5.75 Å². The summed E-state index contributed by atoms with van der Waals surface area (Å²) in [5, 5.41) is 13.6. The fraction of sp³-hybridized carbons (Fsp3) is 0.379. The van der Waals surface area contributed by atoms with Crippen LogP contribution in [0.3, 0.4) is 0 Å². The molecule has 2 aromatic carbocycles. The normalized spacial score (nSPS) is 23.7. The first kappa shape index (κ1) is 24.3. The number of carbonyl (C=O) groups is 1. The molecule has 2 bridgehead atoms. The number of hydrogen-bond acceptors (Lipinski definition) is 5. The Hall–Kier alpha value is -3.42. The standard InChI is InChI=1S/C29H33N3O4/c1-4-31-24-16-32-23(15-14-21(29(32)35)20-12-8-9-13-25(20)36-3)27(31)26(22(24)17-33)28(34)30-18(2)19-10-6-5-7-11-19/h5-15,18,22,24,26-27,33H,4,16-17H2,1-3H3,(H,30,34)/t18-,22-,24-,26+,27+/m1/s1. The Morgan fingerprint density at radius 2 is 1.81 bits per heavy atom. The Kier molecular flexibility index (Phi) is 6.69. The number of fused-ring (bicyclic) bond motifs is 4. The molecule has 1 amide bonds. The van der Waals surface area contributed by atoms with Crippen LogP contribution in [0.25, 0.3) is 11.1 Å². The van der Waals surface area contributed by atoms with Crippen molar-refractivity contribution in [2.45, 2.75) is 38.5 Å². The van der Waals surface area contributed by atoms with Crippen molar-refractivity contribution in [3.8, 4) is 16.9 Å². The summed E-state index contributed by atoms with van der Waals surface area (Å²) in [7, 11) is 1.60. The van der Waals surface area contributed by atoms with Gasteiger partial charge in [0, 0.05) is 36.4 Å². The Bertz CT molecular complexity index is 1310. The van der Waals surface area contributed by atoms with Crippen molar-refractivity contribution >= 4 is 5.91 Å². The molecule has 0 aliphatic carbocycles. The summed E-state index contributed by atoms with van der Waals surface area (Å²) in [6.45, 7) is 5.09. The van der Waals surface area contributed by atoms with Crippen LogP contribution in [0, 0.1) is 11.8 Å². The highest BCUT2D eigenvalue weighted by Gasteiger charge is 2.55. The molecule has 7 nitrogen and oxygen atoms in total. The maximum absolute atomic E-state index is 13.8. The molecule has 2 N–H and O–H groups in total. The molecule has 0 unspecified atom stereocenters. The van der Waals surface area contributed by atoms with E-state index in [9.17, 15) is 14.7 Å². The van der Waals surface area contributed by atoms with Crippen molar-refractivity contribution in [1.29, 1.82) is 0 Å². The van der Waals surface area contributed by atoms with Crippen LogP contribution in [-0.2, 0) is 11.3 Å². The number of aliphatic hydroxyl groups is 1. The van der Waals surface area contributed by atoms with Gasteiger partial charge in [0.05, 0.1) is 30.7 Å². The van der Waals surface area contributed by atoms with E-state index < -0.39 is 5.92 Å². The molecule has 1 saturated heterocycles. The van der Waals surface area contributed by atoms with Gasteiger partial charge in [0.25, 0.3) is 5.56 Å². The highest BCUT2D eigenvalue weighted by atomic mass is 16.5. The minimum Gasteiger partial charge on any atom is -0.496 e. The van der Waals surface area contributed by atoms with E-state index in [4.69, 9.17) is 4.74 Å². The van der Waals surface area contributed by atoms with Gasteiger partial charge in [-0.05, 0) is 37.2 Å². The van der Waals surface area contributed by atoms with Crippen LogP contribution in [0.2, 0.25) is 0 Å². The van der Waals surface area contributed by atoms with E-state index in [1.54, 1.807) is 11.7 Å². The van der Waals surface area contributed by atoms with Crippen molar-refractivity contribution in [1.82, 2.24) is 14.8 Å². The van der Waals surface area contributed by atoms with Gasteiger partial charge in [-0.15, -0.1) is 0 Å². The molecule has 188 valence electrons. The predicted octanol–water partition coefficient (Wildman–Crippen LogP) is 3.38. The van der Waals surface area contributed by atoms with E-state index in [-0.39, 0.29) is 42.1 Å². The van der Waals surface area contributed by atoms with E-state index in [1.807, 2.05) is 73.7 Å². The van der Waals surface area contributed by atoms with Crippen LogP contribution in [0.15, 0.2) is 71.5 Å². The minimum absolute atomic E-state index is 0.0916. The first-order chi connectivity index (χ1) is 17.5. The second-order valence-corrected chi connectivity index (χ2v) is 9.64. The van der Waals surface area contributed by atoms with Crippen LogP contribution < -0.4 is 15.6 Å². The zero-order chi connectivity index (χ0) is 25.4. The average Bonchev–Trinajstić information content (AvgIpc) is 3.14. The third kappa shape index (κ3) is 3.92. The number of pyridine rings is 1. The van der Waals surface area contributed by atoms with E-state index >= 15 is 0 Å². The Morgan fingerprint density at radius 1 is 1.08 bits per heavy atom. The molecule has 0 spiro atoms. The largest absolute Gasteiger partial charge is 0.496 e. The van der Waals surface area contributed by atoms with E-state index in [0.717, 1.165) is 23.4 Å². The molecule has 1 fully saturated rings. The zero-order valence-corrected chi connectivity index (χ0v) is 20.9. The molecular formula is C29H33N3O4. The van der Waals surface area contributed by atoms with Crippen molar-refractivity contribution in [2.75, 3.05) is 20.3 Å².